The van der Waals surface area contributed by atoms with Crippen molar-refractivity contribution in [1.29, 1.82) is 0 Å². The SMILES string of the molecule is C[C@@H](N)C(=O)N(C)Cc1cccc(C(F)(F)F)c1. The monoisotopic (exact) mass is 260 g/mol. The second kappa shape index (κ2) is 5.39. The van der Waals surface area contributed by atoms with Gasteiger partial charge >= 0.3 is 6.18 Å². The van der Waals surface area contributed by atoms with Gasteiger partial charge in [0.1, 0.15) is 0 Å². The van der Waals surface area contributed by atoms with E-state index in [0.29, 0.717) is 5.56 Å². The standard InChI is InChI=1S/C12H15F3N2O/c1-8(16)11(18)17(2)7-9-4-3-5-10(6-9)12(13,14)15/h3-6,8H,7,16H2,1-2H3/t8-/m1/s1. The van der Waals surface area contributed by atoms with Crippen molar-refractivity contribution in [1.82, 2.24) is 4.90 Å². The second-order valence-corrected chi connectivity index (χ2v) is 4.18. The lowest BCUT2D eigenvalue weighted by molar-refractivity contribution is -0.137. The first-order valence-corrected chi connectivity index (χ1v) is 5.38. The Balaban J connectivity index is 2.83. The summed E-state index contributed by atoms with van der Waals surface area (Å²) in [6.07, 6.45) is -4.38. The predicted octanol–water partition coefficient (Wildman–Crippen LogP) is 2.01. The number of alkyl halides is 3. The summed E-state index contributed by atoms with van der Waals surface area (Å²) in [6.45, 7) is 1.63. The van der Waals surface area contributed by atoms with Crippen LogP contribution < -0.4 is 5.73 Å². The average molecular weight is 260 g/mol. The molecule has 0 fully saturated rings. The van der Waals surface area contributed by atoms with Crippen LogP contribution in [0, 0.1) is 0 Å². The van der Waals surface area contributed by atoms with E-state index in [1.165, 1.54) is 24.9 Å². The molecule has 3 nitrogen and oxygen atoms in total. The Morgan fingerprint density at radius 1 is 1.44 bits per heavy atom. The van der Waals surface area contributed by atoms with Gasteiger partial charge < -0.3 is 10.6 Å². The summed E-state index contributed by atoms with van der Waals surface area (Å²) in [5.41, 5.74) is 5.12. The third-order valence-electron chi connectivity index (χ3n) is 2.44. The number of hydrogen-bond acceptors (Lipinski definition) is 2. The molecule has 0 spiro atoms. The van der Waals surface area contributed by atoms with E-state index in [9.17, 15) is 18.0 Å². The number of nitrogens with two attached hydrogens (primary N) is 1. The smallest absolute Gasteiger partial charge is 0.340 e. The van der Waals surface area contributed by atoms with Gasteiger partial charge in [-0.05, 0) is 24.6 Å². The Kier molecular flexibility index (Phi) is 4.34. The van der Waals surface area contributed by atoms with Crippen LogP contribution in [0.1, 0.15) is 18.1 Å². The van der Waals surface area contributed by atoms with Crippen molar-refractivity contribution < 1.29 is 18.0 Å². The number of amides is 1. The Morgan fingerprint density at radius 2 is 2.06 bits per heavy atom. The lowest BCUT2D eigenvalue weighted by Crippen LogP contribution is -2.39. The van der Waals surface area contributed by atoms with Crippen molar-refractivity contribution in [3.05, 3.63) is 35.4 Å². The van der Waals surface area contributed by atoms with E-state index in [1.54, 1.807) is 6.07 Å². The molecule has 0 aromatic heterocycles. The van der Waals surface area contributed by atoms with Crippen LogP contribution in [0.3, 0.4) is 0 Å². The minimum absolute atomic E-state index is 0.101. The Labute approximate surface area is 103 Å². The van der Waals surface area contributed by atoms with Gasteiger partial charge in [-0.3, -0.25) is 4.79 Å². The molecule has 0 unspecified atom stereocenters. The number of hydrogen-bond donors (Lipinski definition) is 1. The summed E-state index contributed by atoms with van der Waals surface area (Å²) in [6, 6.07) is 4.23. The van der Waals surface area contributed by atoms with Gasteiger partial charge in [0, 0.05) is 13.6 Å². The van der Waals surface area contributed by atoms with E-state index < -0.39 is 17.8 Å². The molecule has 1 rings (SSSR count). The van der Waals surface area contributed by atoms with Crippen molar-refractivity contribution in [2.75, 3.05) is 7.05 Å². The first kappa shape index (κ1) is 14.5. The van der Waals surface area contributed by atoms with Gasteiger partial charge in [-0.15, -0.1) is 0 Å². The molecule has 0 radical (unpaired) electrons. The Morgan fingerprint density at radius 3 is 2.56 bits per heavy atom. The molecular weight excluding hydrogens is 245 g/mol. The first-order valence-electron chi connectivity index (χ1n) is 5.38. The van der Waals surface area contributed by atoms with Gasteiger partial charge in [-0.1, -0.05) is 12.1 Å². The third-order valence-corrected chi connectivity index (χ3v) is 2.44. The second-order valence-electron chi connectivity index (χ2n) is 4.18. The van der Waals surface area contributed by atoms with Crippen molar-refractivity contribution in [2.24, 2.45) is 5.73 Å². The zero-order chi connectivity index (χ0) is 13.9. The zero-order valence-corrected chi connectivity index (χ0v) is 10.2. The van der Waals surface area contributed by atoms with Crippen LogP contribution >= 0.6 is 0 Å². The van der Waals surface area contributed by atoms with Gasteiger partial charge in [0.25, 0.3) is 0 Å². The first-order chi connectivity index (χ1) is 8.21. The molecule has 0 saturated carbocycles. The summed E-state index contributed by atoms with van der Waals surface area (Å²) in [7, 11) is 1.51. The highest BCUT2D eigenvalue weighted by Gasteiger charge is 2.30. The molecule has 1 aromatic carbocycles. The molecule has 0 saturated heterocycles. The molecule has 1 amide bonds. The molecule has 6 heteroatoms. The maximum Gasteiger partial charge on any atom is 0.416 e. The topological polar surface area (TPSA) is 46.3 Å². The van der Waals surface area contributed by atoms with Crippen molar-refractivity contribution >= 4 is 5.91 Å². The summed E-state index contributed by atoms with van der Waals surface area (Å²) in [5.74, 6) is -0.313. The van der Waals surface area contributed by atoms with E-state index in [4.69, 9.17) is 5.73 Å². The lowest BCUT2D eigenvalue weighted by atomic mass is 10.1. The van der Waals surface area contributed by atoms with Gasteiger partial charge in [-0.25, -0.2) is 0 Å². The summed E-state index contributed by atoms with van der Waals surface area (Å²) in [5, 5.41) is 0. The van der Waals surface area contributed by atoms with Crippen molar-refractivity contribution in [3.63, 3.8) is 0 Å². The van der Waals surface area contributed by atoms with Crippen LogP contribution in [0.5, 0.6) is 0 Å². The average Bonchev–Trinajstić information content (AvgIpc) is 2.27. The fourth-order valence-electron chi connectivity index (χ4n) is 1.55. The van der Waals surface area contributed by atoms with Crippen LogP contribution in [0.4, 0.5) is 13.2 Å². The molecule has 1 aromatic rings. The Hall–Kier alpha value is -1.56. The molecular formula is C12H15F3N2O. The van der Waals surface area contributed by atoms with Gasteiger partial charge in [0.15, 0.2) is 0 Å². The van der Waals surface area contributed by atoms with Crippen LogP contribution in [0.15, 0.2) is 24.3 Å². The van der Waals surface area contributed by atoms with Gasteiger partial charge in [0.2, 0.25) is 5.91 Å². The van der Waals surface area contributed by atoms with E-state index in [2.05, 4.69) is 0 Å². The number of benzene rings is 1. The maximum atomic E-state index is 12.5. The quantitative estimate of drug-likeness (QED) is 0.903. The third kappa shape index (κ3) is 3.73. The fourth-order valence-corrected chi connectivity index (χ4v) is 1.55. The summed E-state index contributed by atoms with van der Waals surface area (Å²) in [4.78, 5) is 12.8. The predicted molar refractivity (Wildman–Crippen MR) is 61.6 cm³/mol. The number of halogens is 3. The molecule has 18 heavy (non-hydrogen) atoms. The number of carbonyl (C=O) groups is 1. The van der Waals surface area contributed by atoms with E-state index in [0.717, 1.165) is 12.1 Å². The van der Waals surface area contributed by atoms with Crippen molar-refractivity contribution in [3.8, 4) is 0 Å². The lowest BCUT2D eigenvalue weighted by Gasteiger charge is -2.19. The molecule has 0 aliphatic heterocycles. The molecule has 0 heterocycles. The maximum absolute atomic E-state index is 12.5. The van der Waals surface area contributed by atoms with E-state index >= 15 is 0 Å². The molecule has 0 aliphatic carbocycles. The number of rotatable bonds is 3. The molecule has 100 valence electrons. The highest BCUT2D eigenvalue weighted by molar-refractivity contribution is 5.80. The highest BCUT2D eigenvalue weighted by atomic mass is 19.4. The van der Waals surface area contributed by atoms with Gasteiger partial charge in [0.05, 0.1) is 11.6 Å². The van der Waals surface area contributed by atoms with Crippen LogP contribution in [-0.2, 0) is 17.5 Å². The zero-order valence-electron chi connectivity index (χ0n) is 10.2. The molecule has 0 bridgehead atoms. The normalized spacial score (nSPS) is 13.2. The number of carbonyl (C=O) groups excluding carboxylic acids is 1. The largest absolute Gasteiger partial charge is 0.416 e. The van der Waals surface area contributed by atoms with E-state index in [1.807, 2.05) is 0 Å². The minimum atomic E-state index is -4.38. The number of nitrogens with zero attached hydrogens (tertiary/aromatic N) is 1. The number of likely N-dealkylation sites (N-methyl/N-ethyl adjacent to an activating group) is 1. The fraction of sp³-hybridized carbons (Fsp3) is 0.417. The molecule has 2 N–H and O–H groups in total. The van der Waals surface area contributed by atoms with E-state index in [-0.39, 0.29) is 12.5 Å². The van der Waals surface area contributed by atoms with Crippen LogP contribution in [0.25, 0.3) is 0 Å². The summed E-state index contributed by atoms with van der Waals surface area (Å²) < 4.78 is 37.5. The molecule has 1 atom stereocenters. The van der Waals surface area contributed by atoms with Crippen LogP contribution in [-0.4, -0.2) is 23.9 Å². The van der Waals surface area contributed by atoms with Crippen LogP contribution in [0.2, 0.25) is 0 Å². The van der Waals surface area contributed by atoms with Crippen molar-refractivity contribution in [2.45, 2.75) is 25.7 Å². The summed E-state index contributed by atoms with van der Waals surface area (Å²) >= 11 is 0. The minimum Gasteiger partial charge on any atom is -0.340 e. The Bertz CT molecular complexity index is 430. The highest BCUT2D eigenvalue weighted by Crippen LogP contribution is 2.29. The molecule has 0 aliphatic rings. The van der Waals surface area contributed by atoms with Gasteiger partial charge in [-0.2, -0.15) is 13.2 Å².